The van der Waals surface area contributed by atoms with Gasteiger partial charge in [-0.25, -0.2) is 14.8 Å². The molecule has 2 N–H and O–H groups in total. The predicted molar refractivity (Wildman–Crippen MR) is 95.0 cm³/mol. The zero-order valence-electron chi connectivity index (χ0n) is 14.0. The van der Waals surface area contributed by atoms with Gasteiger partial charge in [0, 0.05) is 18.6 Å². The molecule has 1 atom stereocenters. The highest BCUT2D eigenvalue weighted by Gasteiger charge is 2.09. The van der Waals surface area contributed by atoms with Crippen LogP contribution < -0.4 is 10.1 Å². The van der Waals surface area contributed by atoms with Gasteiger partial charge in [0.15, 0.2) is 0 Å². The van der Waals surface area contributed by atoms with Gasteiger partial charge in [-0.1, -0.05) is 0 Å². The van der Waals surface area contributed by atoms with Crippen molar-refractivity contribution in [1.29, 1.82) is 0 Å². The fourth-order valence-electron chi connectivity index (χ4n) is 2.22. The molecule has 0 radical (unpaired) electrons. The molecule has 8 nitrogen and oxygen atoms in total. The fraction of sp³-hybridized carbons (Fsp3) is 0.167. The Bertz CT molecular complexity index is 889. The summed E-state index contributed by atoms with van der Waals surface area (Å²) in [6.45, 7) is 2.41. The third-order valence-electron chi connectivity index (χ3n) is 3.44. The molecule has 8 heteroatoms. The normalized spacial score (nSPS) is 11.6. The third kappa shape index (κ3) is 4.50. The van der Waals surface area contributed by atoms with Crippen LogP contribution in [-0.4, -0.2) is 43.7 Å². The lowest BCUT2D eigenvalue weighted by Gasteiger charge is -2.15. The minimum atomic E-state index is -1.01. The van der Waals surface area contributed by atoms with E-state index >= 15 is 0 Å². The number of nitrogens with one attached hydrogen (secondary N) is 1. The Hall–Kier alpha value is -3.55. The number of hydrogen-bond donors (Lipinski definition) is 2. The Morgan fingerprint density at radius 2 is 2.04 bits per heavy atom. The van der Waals surface area contributed by atoms with Crippen molar-refractivity contribution >= 4 is 11.9 Å². The molecule has 3 aromatic heterocycles. The van der Waals surface area contributed by atoms with Crippen LogP contribution in [0, 0.1) is 0 Å². The first-order valence-corrected chi connectivity index (χ1v) is 7.95. The average Bonchev–Trinajstić information content (AvgIpc) is 2.67. The third-order valence-corrected chi connectivity index (χ3v) is 3.44. The Kier molecular flexibility index (Phi) is 5.33. The second kappa shape index (κ2) is 8.02. The summed E-state index contributed by atoms with van der Waals surface area (Å²) in [6.07, 6.45) is 6.24. The highest BCUT2D eigenvalue weighted by Crippen LogP contribution is 2.16. The van der Waals surface area contributed by atoms with Crippen molar-refractivity contribution in [1.82, 2.24) is 19.9 Å². The van der Waals surface area contributed by atoms with Gasteiger partial charge >= 0.3 is 5.97 Å². The first kappa shape index (κ1) is 17.3. The molecule has 0 bridgehead atoms. The van der Waals surface area contributed by atoms with Crippen molar-refractivity contribution in [2.75, 3.05) is 11.9 Å². The number of hydrogen-bond acceptors (Lipinski definition) is 7. The molecule has 0 fully saturated rings. The molecule has 0 saturated heterocycles. The Morgan fingerprint density at radius 3 is 2.81 bits per heavy atom. The van der Waals surface area contributed by atoms with Crippen LogP contribution in [0.4, 0.5) is 5.95 Å². The van der Waals surface area contributed by atoms with Gasteiger partial charge in [0.1, 0.15) is 11.9 Å². The molecule has 3 heterocycles. The van der Waals surface area contributed by atoms with Crippen molar-refractivity contribution in [3.8, 4) is 17.1 Å². The largest absolute Gasteiger partial charge is 0.487 e. The Balaban J connectivity index is 1.66. The Morgan fingerprint density at radius 1 is 1.19 bits per heavy atom. The number of carbonyl (C=O) groups is 1. The summed E-state index contributed by atoms with van der Waals surface area (Å²) in [7, 11) is 0. The monoisotopic (exact) mass is 351 g/mol. The number of aromatic carboxylic acids is 1. The molecule has 3 aromatic rings. The smallest absolute Gasteiger partial charge is 0.335 e. The van der Waals surface area contributed by atoms with E-state index in [-0.39, 0.29) is 11.7 Å². The fourth-order valence-corrected chi connectivity index (χ4v) is 2.22. The summed E-state index contributed by atoms with van der Waals surface area (Å²) in [5.41, 5.74) is 1.16. The van der Waals surface area contributed by atoms with Crippen molar-refractivity contribution in [3.63, 3.8) is 0 Å². The highest BCUT2D eigenvalue weighted by molar-refractivity contribution is 5.88. The second-order valence-electron chi connectivity index (χ2n) is 5.50. The van der Waals surface area contributed by atoms with Crippen LogP contribution in [-0.2, 0) is 0 Å². The molecular formula is C18H17N5O3. The van der Waals surface area contributed by atoms with Crippen LogP contribution >= 0.6 is 0 Å². The molecule has 0 spiro atoms. The lowest BCUT2D eigenvalue weighted by Crippen LogP contribution is -2.23. The molecule has 0 aromatic carbocycles. The number of anilines is 1. The zero-order chi connectivity index (χ0) is 18.4. The van der Waals surface area contributed by atoms with Crippen LogP contribution in [0.25, 0.3) is 11.4 Å². The second-order valence-corrected chi connectivity index (χ2v) is 5.50. The van der Waals surface area contributed by atoms with Gasteiger partial charge in [-0.15, -0.1) is 0 Å². The maximum Gasteiger partial charge on any atom is 0.335 e. The number of nitrogens with zero attached hydrogens (tertiary/aromatic N) is 4. The van der Waals surface area contributed by atoms with Crippen LogP contribution in [0.1, 0.15) is 17.3 Å². The van der Waals surface area contributed by atoms with Crippen LogP contribution in [0.3, 0.4) is 0 Å². The molecule has 0 amide bonds. The standard InChI is InChI=1S/C18H17N5O3/c1-12(26-14-3-2-6-19-11-14)10-22-18-21-8-5-15(23-18)16-9-13(17(24)25)4-7-20-16/h2-9,11-12H,10H2,1H3,(H,24,25)(H,21,22,23)/t12-/m1/s1. The van der Waals surface area contributed by atoms with Gasteiger partial charge in [-0.05, 0) is 37.3 Å². The first-order chi connectivity index (χ1) is 12.6. The van der Waals surface area contributed by atoms with E-state index in [2.05, 4.69) is 25.3 Å². The lowest BCUT2D eigenvalue weighted by atomic mass is 10.2. The molecule has 0 aliphatic carbocycles. The molecule has 0 aliphatic heterocycles. The SMILES string of the molecule is C[C@H](CNc1nccc(-c2cc(C(=O)O)ccn2)n1)Oc1cccnc1. The van der Waals surface area contributed by atoms with E-state index in [0.717, 1.165) is 0 Å². The number of ether oxygens (including phenoxy) is 1. The van der Waals surface area contributed by atoms with Gasteiger partial charge in [-0.3, -0.25) is 9.97 Å². The highest BCUT2D eigenvalue weighted by atomic mass is 16.5. The van der Waals surface area contributed by atoms with E-state index in [1.807, 2.05) is 13.0 Å². The van der Waals surface area contributed by atoms with Crippen molar-refractivity contribution in [3.05, 3.63) is 60.7 Å². The molecule has 0 aliphatic rings. The van der Waals surface area contributed by atoms with Gasteiger partial charge in [0.05, 0.1) is 29.7 Å². The number of rotatable bonds is 7. The van der Waals surface area contributed by atoms with E-state index in [1.165, 1.54) is 18.3 Å². The number of carboxylic acid groups (broad SMARTS) is 1. The van der Waals surface area contributed by atoms with Gasteiger partial charge in [-0.2, -0.15) is 0 Å². The molecule has 0 unspecified atom stereocenters. The average molecular weight is 351 g/mol. The summed E-state index contributed by atoms with van der Waals surface area (Å²) in [5.74, 6) is 0.0836. The minimum absolute atomic E-state index is 0.125. The van der Waals surface area contributed by atoms with E-state index in [0.29, 0.717) is 29.6 Å². The molecule has 0 saturated carbocycles. The topological polar surface area (TPSA) is 110 Å². The quantitative estimate of drug-likeness (QED) is 0.668. The van der Waals surface area contributed by atoms with Crippen LogP contribution in [0.15, 0.2) is 55.1 Å². The van der Waals surface area contributed by atoms with Crippen LogP contribution in [0.2, 0.25) is 0 Å². The van der Waals surface area contributed by atoms with E-state index in [1.54, 1.807) is 30.7 Å². The predicted octanol–water partition coefficient (Wildman–Crippen LogP) is 2.51. The van der Waals surface area contributed by atoms with Gasteiger partial charge in [0.2, 0.25) is 5.95 Å². The summed E-state index contributed by atoms with van der Waals surface area (Å²) in [6, 6.07) is 8.23. The van der Waals surface area contributed by atoms with E-state index in [4.69, 9.17) is 9.84 Å². The summed E-state index contributed by atoms with van der Waals surface area (Å²) < 4.78 is 5.73. The summed E-state index contributed by atoms with van der Waals surface area (Å²) >= 11 is 0. The molecule has 132 valence electrons. The van der Waals surface area contributed by atoms with E-state index < -0.39 is 5.97 Å². The number of pyridine rings is 2. The maximum atomic E-state index is 11.1. The van der Waals surface area contributed by atoms with Gasteiger partial charge in [0.25, 0.3) is 0 Å². The number of carboxylic acids is 1. The molecular weight excluding hydrogens is 334 g/mol. The Labute approximate surface area is 150 Å². The van der Waals surface area contributed by atoms with Crippen molar-refractivity contribution < 1.29 is 14.6 Å². The van der Waals surface area contributed by atoms with E-state index in [9.17, 15) is 4.79 Å². The number of aromatic nitrogens is 4. The lowest BCUT2D eigenvalue weighted by molar-refractivity contribution is 0.0697. The van der Waals surface area contributed by atoms with Crippen LogP contribution in [0.5, 0.6) is 5.75 Å². The van der Waals surface area contributed by atoms with Gasteiger partial charge < -0.3 is 15.2 Å². The summed E-state index contributed by atoms with van der Waals surface area (Å²) in [5, 5.41) is 12.2. The van der Waals surface area contributed by atoms with Crippen molar-refractivity contribution in [2.24, 2.45) is 0 Å². The summed E-state index contributed by atoms with van der Waals surface area (Å²) in [4.78, 5) is 27.8. The minimum Gasteiger partial charge on any atom is -0.487 e. The molecule has 26 heavy (non-hydrogen) atoms. The van der Waals surface area contributed by atoms with Crippen molar-refractivity contribution in [2.45, 2.75) is 13.0 Å². The zero-order valence-corrected chi connectivity index (χ0v) is 14.0. The molecule has 3 rings (SSSR count). The first-order valence-electron chi connectivity index (χ1n) is 7.95. The maximum absolute atomic E-state index is 11.1.